The van der Waals surface area contributed by atoms with Gasteiger partial charge >= 0.3 is 5.97 Å². The van der Waals surface area contributed by atoms with Gasteiger partial charge in [-0.25, -0.2) is 0 Å². The van der Waals surface area contributed by atoms with E-state index >= 15 is 0 Å². The Balaban J connectivity index is 1.72. The van der Waals surface area contributed by atoms with Gasteiger partial charge in [0, 0.05) is 28.4 Å². The summed E-state index contributed by atoms with van der Waals surface area (Å²) < 4.78 is 4.87. The first-order valence-corrected chi connectivity index (χ1v) is 9.25. The third-order valence-corrected chi connectivity index (χ3v) is 4.34. The van der Waals surface area contributed by atoms with Crippen LogP contribution in [0.3, 0.4) is 0 Å². The molecule has 2 aromatic rings. The molecule has 0 heterocycles. The molecule has 152 valence electrons. The maximum Gasteiger partial charge on any atom is 0.306 e. The standard InChI is InChI=1S/C21H21ClN2O5/c1-13-6-7-17(11-18(13)22)24-20(27)12-29-21(28)9-8-19(26)23-16-5-3-4-15(10-16)14(2)25/h3-7,10-11H,8-9,12H2,1-2H3,(H,23,26)(H,24,27). The van der Waals surface area contributed by atoms with Gasteiger partial charge in [-0.05, 0) is 43.7 Å². The zero-order chi connectivity index (χ0) is 21.4. The van der Waals surface area contributed by atoms with Crippen LogP contribution in [0.5, 0.6) is 0 Å². The molecule has 0 fully saturated rings. The van der Waals surface area contributed by atoms with E-state index in [1.54, 1.807) is 42.5 Å². The second kappa shape index (κ2) is 10.4. The first kappa shape index (κ1) is 22.1. The van der Waals surface area contributed by atoms with Crippen LogP contribution >= 0.6 is 11.6 Å². The highest BCUT2D eigenvalue weighted by Gasteiger charge is 2.12. The van der Waals surface area contributed by atoms with Gasteiger partial charge < -0.3 is 15.4 Å². The van der Waals surface area contributed by atoms with Crippen LogP contribution in [0.25, 0.3) is 0 Å². The fraction of sp³-hybridized carbons (Fsp3) is 0.238. The summed E-state index contributed by atoms with van der Waals surface area (Å²) in [6, 6.07) is 11.5. The molecule has 0 atom stereocenters. The van der Waals surface area contributed by atoms with E-state index in [9.17, 15) is 19.2 Å². The third-order valence-electron chi connectivity index (χ3n) is 3.93. The van der Waals surface area contributed by atoms with Crippen LogP contribution in [0.15, 0.2) is 42.5 Å². The van der Waals surface area contributed by atoms with Crippen molar-refractivity contribution in [2.24, 2.45) is 0 Å². The minimum atomic E-state index is -0.672. The molecule has 0 aliphatic heterocycles. The second-order valence-corrected chi connectivity index (χ2v) is 6.77. The summed E-state index contributed by atoms with van der Waals surface area (Å²) in [7, 11) is 0. The highest BCUT2D eigenvalue weighted by atomic mass is 35.5. The molecule has 0 aliphatic carbocycles. The molecule has 0 saturated carbocycles. The lowest BCUT2D eigenvalue weighted by Gasteiger charge is -2.08. The fourth-order valence-corrected chi connectivity index (χ4v) is 2.52. The van der Waals surface area contributed by atoms with E-state index in [-0.39, 0.29) is 18.6 Å². The summed E-state index contributed by atoms with van der Waals surface area (Å²) in [6.07, 6.45) is -0.291. The van der Waals surface area contributed by atoms with Crippen molar-refractivity contribution in [3.8, 4) is 0 Å². The summed E-state index contributed by atoms with van der Waals surface area (Å²) in [5.74, 6) is -1.70. The number of rotatable bonds is 8. The quantitative estimate of drug-likeness (QED) is 0.504. The number of hydrogen-bond acceptors (Lipinski definition) is 5. The number of esters is 1. The van der Waals surface area contributed by atoms with Gasteiger partial charge in [0.2, 0.25) is 5.91 Å². The van der Waals surface area contributed by atoms with Crippen LogP contribution in [0, 0.1) is 6.92 Å². The Morgan fingerprint density at radius 2 is 1.62 bits per heavy atom. The molecule has 2 aromatic carbocycles. The van der Waals surface area contributed by atoms with E-state index in [4.69, 9.17) is 16.3 Å². The normalized spacial score (nSPS) is 10.2. The molecule has 7 nitrogen and oxygen atoms in total. The van der Waals surface area contributed by atoms with Gasteiger partial charge in [0.05, 0.1) is 6.42 Å². The number of nitrogens with one attached hydrogen (secondary N) is 2. The Morgan fingerprint density at radius 3 is 2.31 bits per heavy atom. The number of ether oxygens (including phenoxy) is 1. The van der Waals surface area contributed by atoms with Gasteiger partial charge in [0.1, 0.15) is 0 Å². The van der Waals surface area contributed by atoms with Crippen LogP contribution in [-0.4, -0.2) is 30.2 Å². The molecule has 0 aliphatic rings. The number of amides is 2. The predicted octanol–water partition coefficient (Wildman–Crippen LogP) is 3.75. The highest BCUT2D eigenvalue weighted by molar-refractivity contribution is 6.31. The summed E-state index contributed by atoms with van der Waals surface area (Å²) >= 11 is 5.99. The fourth-order valence-electron chi connectivity index (χ4n) is 2.34. The van der Waals surface area contributed by atoms with Gasteiger partial charge in [-0.15, -0.1) is 0 Å². The lowest BCUT2D eigenvalue weighted by Crippen LogP contribution is -2.21. The molecule has 29 heavy (non-hydrogen) atoms. The molecule has 2 amide bonds. The Morgan fingerprint density at radius 1 is 0.931 bits per heavy atom. The van der Waals surface area contributed by atoms with Crippen molar-refractivity contribution in [2.75, 3.05) is 17.2 Å². The molecule has 0 bridgehead atoms. The number of ketones is 1. The SMILES string of the molecule is CC(=O)c1cccc(NC(=O)CCC(=O)OCC(=O)Nc2ccc(C)c(Cl)c2)c1. The molecule has 2 rings (SSSR count). The number of benzene rings is 2. The van der Waals surface area contributed by atoms with Gasteiger partial charge in [-0.1, -0.05) is 29.8 Å². The number of hydrogen-bond donors (Lipinski definition) is 2. The number of aryl methyl sites for hydroxylation is 1. The average molecular weight is 417 g/mol. The van der Waals surface area contributed by atoms with Crippen LogP contribution < -0.4 is 10.6 Å². The monoisotopic (exact) mass is 416 g/mol. The Kier molecular flexibility index (Phi) is 7.91. The van der Waals surface area contributed by atoms with Crippen molar-refractivity contribution in [2.45, 2.75) is 26.7 Å². The average Bonchev–Trinajstić information content (AvgIpc) is 2.68. The number of carbonyl (C=O) groups is 4. The zero-order valence-electron chi connectivity index (χ0n) is 16.1. The molecular weight excluding hydrogens is 396 g/mol. The van der Waals surface area contributed by atoms with Crippen LogP contribution in [0.2, 0.25) is 5.02 Å². The lowest BCUT2D eigenvalue weighted by molar-refractivity contribution is -0.147. The number of Topliss-reactive ketones (excluding diaryl/α,β-unsaturated/α-hetero) is 1. The van der Waals surface area contributed by atoms with E-state index < -0.39 is 24.4 Å². The summed E-state index contributed by atoms with van der Waals surface area (Å²) in [6.45, 7) is 2.80. The van der Waals surface area contributed by atoms with Gasteiger partial charge in [0.25, 0.3) is 5.91 Å². The molecule has 0 radical (unpaired) electrons. The van der Waals surface area contributed by atoms with E-state index in [0.717, 1.165) is 5.56 Å². The minimum Gasteiger partial charge on any atom is -0.456 e. The largest absolute Gasteiger partial charge is 0.456 e. The second-order valence-electron chi connectivity index (χ2n) is 6.36. The van der Waals surface area contributed by atoms with E-state index in [1.165, 1.54) is 6.92 Å². The summed E-state index contributed by atoms with van der Waals surface area (Å²) in [5, 5.41) is 5.69. The highest BCUT2D eigenvalue weighted by Crippen LogP contribution is 2.19. The Labute approximate surface area is 173 Å². The maximum absolute atomic E-state index is 11.9. The van der Waals surface area contributed by atoms with Crippen LogP contribution in [-0.2, 0) is 19.1 Å². The minimum absolute atomic E-state index is 0.113. The van der Waals surface area contributed by atoms with E-state index in [2.05, 4.69) is 10.6 Å². The number of carbonyl (C=O) groups excluding carboxylic acids is 4. The third kappa shape index (κ3) is 7.38. The maximum atomic E-state index is 11.9. The molecule has 2 N–H and O–H groups in total. The van der Waals surface area contributed by atoms with Crippen molar-refractivity contribution >= 4 is 46.5 Å². The predicted molar refractivity (Wildman–Crippen MR) is 110 cm³/mol. The number of anilines is 2. The van der Waals surface area contributed by atoms with Crippen molar-refractivity contribution in [1.29, 1.82) is 0 Å². The van der Waals surface area contributed by atoms with Crippen molar-refractivity contribution in [3.63, 3.8) is 0 Å². The van der Waals surface area contributed by atoms with Gasteiger partial charge in [-0.2, -0.15) is 0 Å². The molecule has 0 aromatic heterocycles. The zero-order valence-corrected chi connectivity index (χ0v) is 16.8. The van der Waals surface area contributed by atoms with Crippen molar-refractivity contribution in [3.05, 3.63) is 58.6 Å². The Hall–Kier alpha value is -3.19. The van der Waals surface area contributed by atoms with Gasteiger partial charge in [0.15, 0.2) is 12.4 Å². The van der Waals surface area contributed by atoms with Gasteiger partial charge in [-0.3, -0.25) is 19.2 Å². The van der Waals surface area contributed by atoms with E-state index in [1.807, 2.05) is 6.92 Å². The van der Waals surface area contributed by atoms with E-state index in [0.29, 0.717) is 22.0 Å². The molecule has 0 spiro atoms. The Bertz CT molecular complexity index is 942. The molecular formula is C21H21ClN2O5. The topological polar surface area (TPSA) is 102 Å². The number of halogens is 1. The summed E-state index contributed by atoms with van der Waals surface area (Å²) in [5.41, 5.74) is 2.31. The summed E-state index contributed by atoms with van der Waals surface area (Å²) in [4.78, 5) is 46.9. The first-order valence-electron chi connectivity index (χ1n) is 8.87. The first-order chi connectivity index (χ1) is 13.7. The molecule has 8 heteroatoms. The van der Waals surface area contributed by atoms with Crippen molar-refractivity contribution < 1.29 is 23.9 Å². The smallest absolute Gasteiger partial charge is 0.306 e. The lowest BCUT2D eigenvalue weighted by atomic mass is 10.1. The van der Waals surface area contributed by atoms with Crippen LogP contribution in [0.1, 0.15) is 35.7 Å². The molecule has 0 unspecified atom stereocenters. The molecule has 0 saturated heterocycles. The van der Waals surface area contributed by atoms with Crippen LogP contribution in [0.4, 0.5) is 11.4 Å². The van der Waals surface area contributed by atoms with Crippen molar-refractivity contribution in [1.82, 2.24) is 0 Å².